The molecule has 10 nitrogen and oxygen atoms in total. The summed E-state index contributed by atoms with van der Waals surface area (Å²) in [6, 6.07) is 40.9. The molecular weight excluding hydrogens is 689 g/mol. The van der Waals surface area contributed by atoms with Gasteiger partial charge >= 0.3 is 11.7 Å². The van der Waals surface area contributed by atoms with Gasteiger partial charge in [0.1, 0.15) is 11.8 Å². The Labute approximate surface area is 310 Å². The first kappa shape index (κ1) is 37.8. The molecule has 0 bridgehead atoms. The topological polar surface area (TPSA) is 129 Å². The second-order valence-electron chi connectivity index (χ2n) is 14.5. The minimum atomic E-state index is -3.18. The fourth-order valence-corrected chi connectivity index (χ4v) is 12.1. The number of ether oxygens (including phenoxy) is 3. The first-order chi connectivity index (χ1) is 25.5. The van der Waals surface area contributed by atoms with Gasteiger partial charge in [0, 0.05) is 18.2 Å². The quantitative estimate of drug-likeness (QED) is 0.139. The Morgan fingerprint density at radius 3 is 1.83 bits per heavy atom. The molecule has 2 heterocycles. The largest absolute Gasteiger partial charge is 0.481 e. The number of hydrogen-bond acceptors (Lipinski definition) is 7. The molecule has 0 unspecified atom stereocenters. The van der Waals surface area contributed by atoms with E-state index >= 15 is 0 Å². The van der Waals surface area contributed by atoms with Crippen LogP contribution in [0.25, 0.3) is 0 Å². The van der Waals surface area contributed by atoms with Crippen molar-refractivity contribution in [2.24, 2.45) is 5.92 Å². The Bertz CT molecular complexity index is 2010. The number of carboxylic acid groups (broad SMARTS) is 1. The smallest absolute Gasteiger partial charge is 0.330 e. The Morgan fingerprint density at radius 1 is 0.792 bits per heavy atom. The number of rotatable bonds is 15. The molecule has 4 aromatic carbocycles. The Morgan fingerprint density at radius 2 is 1.32 bits per heavy atom. The first-order valence-electron chi connectivity index (χ1n) is 17.8. The van der Waals surface area contributed by atoms with E-state index in [2.05, 4.69) is 50.0 Å². The summed E-state index contributed by atoms with van der Waals surface area (Å²) >= 11 is 0. The van der Waals surface area contributed by atoms with Gasteiger partial charge in [0.25, 0.3) is 13.9 Å². The summed E-state index contributed by atoms with van der Waals surface area (Å²) in [6.45, 7) is 6.79. The number of aromatic amines is 1. The summed E-state index contributed by atoms with van der Waals surface area (Å²) in [5.74, 6) is -1.98. The van der Waals surface area contributed by atoms with Gasteiger partial charge in [-0.05, 0) is 26.5 Å². The number of carbonyl (C=O) groups is 1. The van der Waals surface area contributed by atoms with Crippen molar-refractivity contribution in [1.29, 1.82) is 0 Å². The van der Waals surface area contributed by atoms with Crippen LogP contribution in [0.1, 0.15) is 44.5 Å². The molecule has 5 aromatic rings. The van der Waals surface area contributed by atoms with Crippen molar-refractivity contribution in [1.82, 2.24) is 9.55 Å². The predicted octanol–water partition coefficient (Wildman–Crippen LogP) is 5.27. The van der Waals surface area contributed by atoms with E-state index in [0.717, 1.165) is 21.5 Å². The highest BCUT2D eigenvalue weighted by Gasteiger charge is 2.60. The van der Waals surface area contributed by atoms with Gasteiger partial charge < -0.3 is 23.7 Å². The monoisotopic (exact) mass is 734 g/mol. The highest BCUT2D eigenvalue weighted by atomic mass is 28.4. The molecule has 0 radical (unpaired) electrons. The van der Waals surface area contributed by atoms with Gasteiger partial charge in [-0.15, -0.1) is 0 Å². The molecule has 53 heavy (non-hydrogen) atoms. The van der Waals surface area contributed by atoms with E-state index in [1.807, 2.05) is 97.1 Å². The molecule has 1 saturated heterocycles. The molecule has 0 saturated carbocycles. The summed E-state index contributed by atoms with van der Waals surface area (Å²) in [4.78, 5) is 40.4. The highest BCUT2D eigenvalue weighted by Crippen LogP contribution is 2.47. The van der Waals surface area contributed by atoms with E-state index in [1.165, 1.54) is 16.8 Å². The normalized spacial score (nSPS) is 20.3. The Kier molecular flexibility index (Phi) is 11.7. The summed E-state index contributed by atoms with van der Waals surface area (Å²) < 4.78 is 29.0. The fraction of sp³-hybridized carbons (Fsp3) is 0.310. The predicted molar refractivity (Wildman–Crippen MR) is 205 cm³/mol. The summed E-state index contributed by atoms with van der Waals surface area (Å²) in [5.41, 5.74) is -0.919. The lowest BCUT2D eigenvalue weighted by atomic mass is 9.88. The van der Waals surface area contributed by atoms with Crippen LogP contribution in [-0.4, -0.2) is 53.9 Å². The van der Waals surface area contributed by atoms with E-state index in [0.29, 0.717) is 0 Å². The fourth-order valence-electron chi connectivity index (χ4n) is 7.45. The van der Waals surface area contributed by atoms with Gasteiger partial charge in [-0.1, -0.05) is 142 Å². The van der Waals surface area contributed by atoms with E-state index in [-0.39, 0.29) is 26.4 Å². The molecule has 4 atom stereocenters. The van der Waals surface area contributed by atoms with Crippen molar-refractivity contribution in [2.75, 3.05) is 13.2 Å². The molecule has 0 amide bonds. The third-order valence-electron chi connectivity index (χ3n) is 9.84. The maximum absolute atomic E-state index is 13.4. The van der Waals surface area contributed by atoms with Crippen LogP contribution < -0.4 is 21.6 Å². The Hall–Kier alpha value is -4.91. The molecular formula is C42H46N2O8Si. The lowest BCUT2D eigenvalue weighted by Crippen LogP contribution is -2.68. The second kappa shape index (κ2) is 16.4. The van der Waals surface area contributed by atoms with Crippen molar-refractivity contribution < 1.29 is 28.5 Å². The van der Waals surface area contributed by atoms with Crippen LogP contribution in [0.4, 0.5) is 0 Å². The Balaban J connectivity index is 1.51. The summed E-state index contributed by atoms with van der Waals surface area (Å²) in [7, 11) is -3.18. The average Bonchev–Trinajstić information content (AvgIpc) is 3.43. The van der Waals surface area contributed by atoms with E-state index in [4.69, 9.17) is 18.6 Å². The summed E-state index contributed by atoms with van der Waals surface area (Å²) in [6.07, 6.45) is -1.13. The zero-order valence-corrected chi connectivity index (χ0v) is 31.2. The minimum Gasteiger partial charge on any atom is -0.481 e. The number of benzene rings is 4. The van der Waals surface area contributed by atoms with Gasteiger partial charge in [0.2, 0.25) is 0 Å². The van der Waals surface area contributed by atoms with Crippen LogP contribution in [0.15, 0.2) is 143 Å². The first-order valence-corrected chi connectivity index (χ1v) is 19.7. The number of carboxylic acids is 1. The van der Waals surface area contributed by atoms with Crippen LogP contribution in [0.5, 0.6) is 0 Å². The average molecular weight is 735 g/mol. The molecule has 276 valence electrons. The SMILES string of the molecule is CC(C)(C)[Si](OC[C@]1(COCc2ccccc2)O[C@@H](n2ccc(=O)[nH]c2=O)[C@H](CC(=O)O)[C@@H]1OCc1ccccc1)(c1ccccc1)c1ccccc1. The zero-order valence-electron chi connectivity index (χ0n) is 30.2. The maximum atomic E-state index is 13.4. The minimum absolute atomic E-state index is 0.0513. The van der Waals surface area contributed by atoms with Crippen molar-refractivity contribution in [3.05, 3.63) is 166 Å². The molecule has 1 aliphatic rings. The van der Waals surface area contributed by atoms with Crippen molar-refractivity contribution in [3.8, 4) is 0 Å². The van der Waals surface area contributed by atoms with Gasteiger partial charge in [0.15, 0.2) is 0 Å². The second-order valence-corrected chi connectivity index (χ2v) is 18.8. The third-order valence-corrected chi connectivity index (χ3v) is 14.8. The molecule has 0 spiro atoms. The number of nitrogens with zero attached hydrogens (tertiary/aromatic N) is 1. The van der Waals surface area contributed by atoms with Crippen LogP contribution in [0, 0.1) is 5.92 Å². The van der Waals surface area contributed by atoms with Gasteiger partial charge in [0.05, 0.1) is 39.0 Å². The molecule has 1 fully saturated rings. The van der Waals surface area contributed by atoms with Gasteiger partial charge in [-0.3, -0.25) is 19.1 Å². The lowest BCUT2D eigenvalue weighted by molar-refractivity contribution is -0.172. The van der Waals surface area contributed by atoms with E-state index < -0.39 is 60.8 Å². The lowest BCUT2D eigenvalue weighted by Gasteiger charge is -2.45. The number of nitrogens with one attached hydrogen (secondary N) is 1. The van der Waals surface area contributed by atoms with Crippen LogP contribution >= 0.6 is 0 Å². The highest BCUT2D eigenvalue weighted by molar-refractivity contribution is 6.99. The number of H-pyrrole nitrogens is 1. The van der Waals surface area contributed by atoms with Gasteiger partial charge in [-0.2, -0.15) is 0 Å². The van der Waals surface area contributed by atoms with Crippen LogP contribution in [-0.2, 0) is 36.6 Å². The zero-order chi connectivity index (χ0) is 37.5. The van der Waals surface area contributed by atoms with Crippen LogP contribution in [0.2, 0.25) is 5.04 Å². The number of aliphatic carboxylic acids is 1. The molecule has 1 aliphatic heterocycles. The van der Waals surface area contributed by atoms with Crippen molar-refractivity contribution in [3.63, 3.8) is 0 Å². The molecule has 0 aliphatic carbocycles. The van der Waals surface area contributed by atoms with Crippen molar-refractivity contribution >= 4 is 24.7 Å². The third kappa shape index (κ3) is 8.35. The number of aromatic nitrogens is 2. The molecule has 6 rings (SSSR count). The van der Waals surface area contributed by atoms with Gasteiger partial charge in [-0.25, -0.2) is 4.79 Å². The standard InChI is InChI=1S/C42H46N2O8Si/c1-41(2,3)53(33-20-12-6-13-21-33,34-22-14-7-15-23-34)51-30-42(29-49-27-31-16-8-4-9-17-31)38(50-28-32-18-10-5-11-19-32)35(26-37(46)47)39(52-42)44-25-24-36(45)43-40(44)48/h4-25,35,38-39H,26-30H2,1-3H3,(H,46,47)(H,43,45,48)/t35-,38+,39-,42+/m1/s1. The molecule has 11 heteroatoms. The van der Waals surface area contributed by atoms with Crippen molar-refractivity contribution in [2.45, 2.75) is 63.4 Å². The number of hydrogen-bond donors (Lipinski definition) is 2. The maximum Gasteiger partial charge on any atom is 0.330 e. The van der Waals surface area contributed by atoms with Crippen LogP contribution in [0.3, 0.4) is 0 Å². The molecule has 1 aromatic heterocycles. The summed E-state index contributed by atoms with van der Waals surface area (Å²) in [5, 5.41) is 12.0. The van der Waals surface area contributed by atoms with E-state index in [9.17, 15) is 19.5 Å². The van der Waals surface area contributed by atoms with E-state index in [1.54, 1.807) is 0 Å². The molecule has 2 N–H and O–H groups in total.